The Morgan fingerprint density at radius 3 is 2.64 bits per heavy atom. The molecule has 5 N–H and O–H groups in total. The average Bonchev–Trinajstić information content (AvgIpc) is 3.37. The molecule has 0 saturated carbocycles. The predicted molar refractivity (Wildman–Crippen MR) is 117 cm³/mol. The largest absolute Gasteiger partial charge is 0.477 e. The smallest absolute Gasteiger partial charge is 0.406 e. The lowest BCUT2D eigenvalue weighted by Crippen LogP contribution is -2.72. The van der Waals surface area contributed by atoms with Crippen LogP contribution in [0.4, 0.5) is 18.3 Å². The van der Waals surface area contributed by atoms with Gasteiger partial charge in [-0.25, -0.2) is 9.78 Å². The van der Waals surface area contributed by atoms with Crippen molar-refractivity contribution < 1.29 is 42.7 Å². The molecule has 3 aliphatic rings. The number of nitrogens with two attached hydrogens (primary N) is 1. The van der Waals surface area contributed by atoms with Gasteiger partial charge >= 0.3 is 12.1 Å². The Bertz CT molecular complexity index is 1240. The fourth-order valence-corrected chi connectivity index (χ4v) is 4.98. The summed E-state index contributed by atoms with van der Waals surface area (Å²) >= 11 is 1.00. The molecule has 1 aromatic rings. The minimum atomic E-state index is -4.56. The summed E-state index contributed by atoms with van der Waals surface area (Å²) in [5, 5.41) is 25.8. The van der Waals surface area contributed by atoms with E-state index < -0.39 is 59.9 Å². The molecule has 0 aromatic carbocycles. The van der Waals surface area contributed by atoms with Crippen molar-refractivity contribution in [3.05, 3.63) is 34.0 Å². The third-order valence-electron chi connectivity index (χ3n) is 5.97. The first-order chi connectivity index (χ1) is 16.9. The zero-order chi connectivity index (χ0) is 26.4. The molecule has 2 fully saturated rings. The maximum Gasteiger partial charge on any atom is 0.406 e. The highest BCUT2D eigenvalue weighted by atomic mass is 32.1. The van der Waals surface area contributed by atoms with Gasteiger partial charge in [0, 0.05) is 17.5 Å². The lowest BCUT2D eigenvalue weighted by atomic mass is 9.82. The number of nitrogens with one attached hydrogen (secondary N) is 1. The van der Waals surface area contributed by atoms with E-state index in [1.807, 2.05) is 0 Å². The minimum Gasteiger partial charge on any atom is -0.477 e. The maximum absolute atomic E-state index is 12.8. The van der Waals surface area contributed by atoms with Crippen molar-refractivity contribution in [3.63, 3.8) is 0 Å². The Balaban J connectivity index is 1.52. The van der Waals surface area contributed by atoms with Crippen molar-refractivity contribution in [2.45, 2.75) is 37.5 Å². The van der Waals surface area contributed by atoms with E-state index in [4.69, 9.17) is 5.73 Å². The Hall–Kier alpha value is -3.95. The molecule has 4 heterocycles. The van der Waals surface area contributed by atoms with Crippen LogP contribution in [0.1, 0.15) is 25.0 Å². The molecule has 4 rings (SSSR count). The molecule has 1 aromatic heterocycles. The van der Waals surface area contributed by atoms with Crippen molar-refractivity contribution in [2.75, 3.05) is 18.8 Å². The molecule has 12 nitrogen and oxygen atoms in total. The second-order valence-corrected chi connectivity index (χ2v) is 9.12. The summed E-state index contributed by atoms with van der Waals surface area (Å²) < 4.78 is 38.0. The average molecular weight is 528 g/mol. The first kappa shape index (κ1) is 25.2. The number of aromatic nitrogens is 1. The van der Waals surface area contributed by atoms with Crippen LogP contribution in [0.25, 0.3) is 0 Å². The zero-order valence-corrected chi connectivity index (χ0v) is 19.1. The molecule has 2 atom stereocenters. The number of nitrogens with zero attached hydrogens (tertiary/aromatic N) is 4. The van der Waals surface area contributed by atoms with Crippen molar-refractivity contribution in [1.82, 2.24) is 20.1 Å². The number of carboxylic acid groups (broad SMARTS) is 1. The molecular formula is C20H19F3N6O6S. The molecular weight excluding hydrogens is 509 g/mol. The van der Waals surface area contributed by atoms with Gasteiger partial charge in [0.25, 0.3) is 11.8 Å². The van der Waals surface area contributed by atoms with Crippen LogP contribution in [0.15, 0.2) is 33.5 Å². The van der Waals surface area contributed by atoms with Gasteiger partial charge in [0.2, 0.25) is 5.91 Å². The SMILES string of the molecule is Nc1nc(/C(=N/O)C(=O)N[C@@H]2C(=O)N3C(C(=O)O)=C(/C=C4\CCN(CC(F)(F)F)C4=O)CC[C@H]23)cs1. The third-order valence-corrected chi connectivity index (χ3v) is 6.65. The van der Waals surface area contributed by atoms with E-state index in [1.165, 1.54) is 11.5 Å². The number of amides is 3. The number of rotatable bonds is 6. The number of carboxylic acids is 1. The van der Waals surface area contributed by atoms with Crippen molar-refractivity contribution in [1.29, 1.82) is 0 Å². The molecule has 16 heteroatoms. The quantitative estimate of drug-likeness (QED) is 0.135. The predicted octanol–water partition coefficient (Wildman–Crippen LogP) is 0.453. The van der Waals surface area contributed by atoms with E-state index in [0.29, 0.717) is 4.90 Å². The summed E-state index contributed by atoms with van der Waals surface area (Å²) in [4.78, 5) is 55.2. The van der Waals surface area contributed by atoms with Crippen LogP contribution in [0.5, 0.6) is 0 Å². The van der Waals surface area contributed by atoms with Crippen LogP contribution in [-0.4, -0.2) is 85.8 Å². The number of carbonyl (C=O) groups excluding carboxylic acids is 3. The monoisotopic (exact) mass is 528 g/mol. The highest BCUT2D eigenvalue weighted by molar-refractivity contribution is 7.13. The molecule has 0 spiro atoms. The van der Waals surface area contributed by atoms with E-state index in [0.717, 1.165) is 16.2 Å². The van der Waals surface area contributed by atoms with Gasteiger partial charge in [-0.2, -0.15) is 13.2 Å². The van der Waals surface area contributed by atoms with Gasteiger partial charge in [0.1, 0.15) is 24.0 Å². The number of allylic oxidation sites excluding steroid dienone is 2. The number of anilines is 1. The first-order valence-corrected chi connectivity index (χ1v) is 11.4. The first-order valence-electron chi connectivity index (χ1n) is 10.5. The standard InChI is InChI=1S/C20H19F3N6O6S/c21-20(22,23)7-28-4-3-9(16(28)31)5-8-1-2-11-13(17(32)29(11)14(8)18(33)34)26-15(30)12(27-35)10-6-36-19(24)25-10/h5-6,11,13,35H,1-4,7H2,(H2,24,25)(H,26,30)(H,33,34)/b9-5+,27-12-/t11-,13+/m1/s1. The molecule has 3 aliphatic heterocycles. The topological polar surface area (TPSA) is 179 Å². The van der Waals surface area contributed by atoms with Gasteiger partial charge in [-0.05, 0) is 30.9 Å². The van der Waals surface area contributed by atoms with Crippen molar-refractivity contribution >= 4 is 45.9 Å². The lowest BCUT2D eigenvalue weighted by Gasteiger charge is -2.50. The summed E-state index contributed by atoms with van der Waals surface area (Å²) in [5.41, 5.74) is 4.78. The minimum absolute atomic E-state index is 0.00573. The van der Waals surface area contributed by atoms with Gasteiger partial charge in [-0.1, -0.05) is 5.16 Å². The summed E-state index contributed by atoms with van der Waals surface area (Å²) in [6.07, 6.45) is -3.01. The van der Waals surface area contributed by atoms with E-state index in [9.17, 15) is 42.7 Å². The van der Waals surface area contributed by atoms with Crippen LogP contribution in [-0.2, 0) is 19.2 Å². The van der Waals surface area contributed by atoms with E-state index in [-0.39, 0.29) is 47.8 Å². The van der Waals surface area contributed by atoms with E-state index in [2.05, 4.69) is 15.5 Å². The summed E-state index contributed by atoms with van der Waals surface area (Å²) in [5.74, 6) is -3.97. The highest BCUT2D eigenvalue weighted by Crippen LogP contribution is 2.38. The van der Waals surface area contributed by atoms with Gasteiger partial charge in [-0.15, -0.1) is 11.3 Å². The number of thiazole rings is 1. The number of β-lactam (4-membered cyclic amide) rings is 1. The molecule has 3 amide bonds. The van der Waals surface area contributed by atoms with E-state index >= 15 is 0 Å². The Kier molecular flexibility index (Phi) is 6.46. The molecule has 36 heavy (non-hydrogen) atoms. The van der Waals surface area contributed by atoms with Crippen molar-refractivity contribution in [3.8, 4) is 0 Å². The number of nitrogen functional groups attached to an aromatic ring is 1. The van der Waals surface area contributed by atoms with Crippen LogP contribution in [0.3, 0.4) is 0 Å². The number of carbonyl (C=O) groups is 4. The van der Waals surface area contributed by atoms with Gasteiger partial charge in [0.15, 0.2) is 10.8 Å². The molecule has 192 valence electrons. The van der Waals surface area contributed by atoms with Crippen molar-refractivity contribution in [2.24, 2.45) is 5.16 Å². The Morgan fingerprint density at radius 2 is 2.06 bits per heavy atom. The number of alkyl halides is 3. The fraction of sp³-hybridized carbons (Fsp3) is 0.400. The number of hydrogen-bond donors (Lipinski definition) is 4. The zero-order valence-electron chi connectivity index (χ0n) is 18.3. The van der Waals surface area contributed by atoms with E-state index in [1.54, 1.807) is 0 Å². The number of halogens is 3. The molecule has 0 bridgehead atoms. The highest BCUT2D eigenvalue weighted by Gasteiger charge is 2.53. The Labute approximate surface area is 204 Å². The fourth-order valence-electron chi connectivity index (χ4n) is 4.43. The third kappa shape index (κ3) is 4.62. The van der Waals surface area contributed by atoms with Gasteiger partial charge in [-0.3, -0.25) is 19.3 Å². The molecule has 2 saturated heterocycles. The van der Waals surface area contributed by atoms with Crippen LogP contribution in [0.2, 0.25) is 0 Å². The summed E-state index contributed by atoms with van der Waals surface area (Å²) in [6, 6.07) is -1.83. The Morgan fingerprint density at radius 1 is 1.33 bits per heavy atom. The molecule has 0 unspecified atom stereocenters. The number of likely N-dealkylation sites (tertiary alicyclic amines) is 1. The normalized spacial score (nSPS) is 23.8. The summed E-state index contributed by atoms with van der Waals surface area (Å²) in [6.45, 7) is -1.56. The number of oxime groups is 1. The maximum atomic E-state index is 12.8. The lowest BCUT2D eigenvalue weighted by molar-refractivity contribution is -0.156. The molecule has 0 radical (unpaired) electrons. The van der Waals surface area contributed by atoms with Crippen LogP contribution >= 0.6 is 11.3 Å². The number of fused-ring (bicyclic) bond motifs is 1. The van der Waals surface area contributed by atoms with Gasteiger partial charge in [0.05, 0.1) is 6.04 Å². The second kappa shape index (κ2) is 9.25. The molecule has 0 aliphatic carbocycles. The number of aliphatic carboxylic acids is 1. The summed E-state index contributed by atoms with van der Waals surface area (Å²) in [7, 11) is 0. The van der Waals surface area contributed by atoms with Gasteiger partial charge < -0.3 is 26.3 Å². The number of hydrogen-bond acceptors (Lipinski definition) is 9. The van der Waals surface area contributed by atoms with Crippen LogP contribution < -0.4 is 11.1 Å². The second-order valence-electron chi connectivity index (χ2n) is 8.23. The van der Waals surface area contributed by atoms with Crippen LogP contribution in [0, 0.1) is 0 Å².